The number of hydrogen-bond acceptors (Lipinski definition) is 3. The van der Waals surface area contributed by atoms with Gasteiger partial charge in [-0.3, -0.25) is 4.90 Å². The Hall–Kier alpha value is -0.940. The molecule has 0 spiro atoms. The van der Waals surface area contributed by atoms with Crippen LogP contribution in [0.3, 0.4) is 0 Å². The highest BCUT2D eigenvalue weighted by molar-refractivity contribution is 8.00. The number of anilines is 1. The predicted octanol–water partition coefficient (Wildman–Crippen LogP) is 8.79. The summed E-state index contributed by atoms with van der Waals surface area (Å²) in [7, 11) is 0. The van der Waals surface area contributed by atoms with E-state index in [0.717, 1.165) is 55.7 Å². The number of rotatable bonds is 13. The lowest BCUT2D eigenvalue weighted by atomic mass is 9.99. The standard InChI is InChI=1S/C27H37Cl2FN2S/c1-3-5-6-7-8-9-21-10-13-26(25(30)17-21)31-33-24-12-11-23-19-32(16-14-22(23)18-24)20-27(28,29)15-4-2/h10-13,17-18,31H,3-9,14-16,19-20H2,1-2H3. The van der Waals surface area contributed by atoms with Crippen molar-refractivity contribution in [1.29, 1.82) is 0 Å². The molecule has 1 aliphatic heterocycles. The van der Waals surface area contributed by atoms with Crippen molar-refractivity contribution >= 4 is 40.8 Å². The van der Waals surface area contributed by atoms with Crippen LogP contribution in [0.5, 0.6) is 0 Å². The lowest BCUT2D eigenvalue weighted by Crippen LogP contribution is -2.38. The number of nitrogens with zero attached hydrogens (tertiary/aromatic N) is 1. The third-order valence-corrected chi connectivity index (χ3v) is 7.65. The summed E-state index contributed by atoms with van der Waals surface area (Å²) in [6.07, 6.45) is 9.86. The molecule has 2 nitrogen and oxygen atoms in total. The van der Waals surface area contributed by atoms with Gasteiger partial charge in [0.05, 0.1) is 5.69 Å². The zero-order valence-corrected chi connectivity index (χ0v) is 22.3. The van der Waals surface area contributed by atoms with Crippen molar-refractivity contribution in [2.75, 3.05) is 17.8 Å². The predicted molar refractivity (Wildman–Crippen MR) is 143 cm³/mol. The Kier molecular flexibility index (Phi) is 10.7. The van der Waals surface area contributed by atoms with E-state index in [1.165, 1.54) is 48.8 Å². The molecule has 1 N–H and O–H groups in total. The van der Waals surface area contributed by atoms with Crippen LogP contribution in [0.15, 0.2) is 41.3 Å². The number of benzene rings is 2. The second-order valence-corrected chi connectivity index (χ2v) is 11.7. The first-order valence-corrected chi connectivity index (χ1v) is 13.9. The summed E-state index contributed by atoms with van der Waals surface area (Å²) < 4.78 is 17.1. The summed E-state index contributed by atoms with van der Waals surface area (Å²) in [4.78, 5) is 3.43. The maximum Gasteiger partial charge on any atom is 0.147 e. The number of nitrogens with one attached hydrogen (secondary N) is 1. The fourth-order valence-corrected chi connectivity index (χ4v) is 5.85. The van der Waals surface area contributed by atoms with Crippen LogP contribution in [-0.4, -0.2) is 22.3 Å². The average molecular weight is 512 g/mol. The van der Waals surface area contributed by atoms with Crippen LogP contribution in [-0.2, 0) is 19.4 Å². The molecule has 3 rings (SSSR count). The first kappa shape index (κ1) is 26.7. The molecule has 0 bridgehead atoms. The fraction of sp³-hybridized carbons (Fsp3) is 0.556. The Balaban J connectivity index is 1.50. The lowest BCUT2D eigenvalue weighted by molar-refractivity contribution is 0.242. The van der Waals surface area contributed by atoms with Crippen molar-refractivity contribution in [2.45, 2.75) is 87.4 Å². The van der Waals surface area contributed by atoms with Gasteiger partial charge >= 0.3 is 0 Å². The van der Waals surface area contributed by atoms with Gasteiger partial charge in [0.25, 0.3) is 0 Å². The van der Waals surface area contributed by atoms with E-state index in [9.17, 15) is 4.39 Å². The molecule has 0 fully saturated rings. The number of halogens is 3. The molecule has 2 aromatic carbocycles. The van der Waals surface area contributed by atoms with Crippen LogP contribution >= 0.6 is 35.1 Å². The van der Waals surface area contributed by atoms with Crippen LogP contribution in [0.25, 0.3) is 0 Å². The van der Waals surface area contributed by atoms with E-state index in [1.807, 2.05) is 12.1 Å². The summed E-state index contributed by atoms with van der Waals surface area (Å²) in [5.74, 6) is -0.181. The third kappa shape index (κ3) is 8.65. The molecule has 0 atom stereocenters. The minimum Gasteiger partial charge on any atom is -0.323 e. The molecule has 0 amide bonds. The minimum absolute atomic E-state index is 0.181. The molecule has 2 aromatic rings. The number of unbranched alkanes of at least 4 members (excludes halogenated alkanes) is 4. The molecule has 1 heterocycles. The lowest BCUT2D eigenvalue weighted by Gasteiger charge is -2.33. The quantitative estimate of drug-likeness (QED) is 0.164. The smallest absolute Gasteiger partial charge is 0.147 e. The van der Waals surface area contributed by atoms with E-state index in [-0.39, 0.29) is 5.82 Å². The second kappa shape index (κ2) is 13.2. The Morgan fingerprint density at radius 3 is 2.58 bits per heavy atom. The summed E-state index contributed by atoms with van der Waals surface area (Å²) in [5, 5.41) is 0. The minimum atomic E-state index is -0.680. The molecule has 0 radical (unpaired) electrons. The zero-order valence-electron chi connectivity index (χ0n) is 19.9. The second-order valence-electron chi connectivity index (χ2n) is 9.18. The largest absolute Gasteiger partial charge is 0.323 e. The van der Waals surface area contributed by atoms with Gasteiger partial charge in [-0.2, -0.15) is 0 Å². The van der Waals surface area contributed by atoms with E-state index in [2.05, 4.69) is 41.7 Å². The van der Waals surface area contributed by atoms with Crippen LogP contribution in [0, 0.1) is 5.82 Å². The first-order chi connectivity index (χ1) is 15.9. The summed E-state index contributed by atoms with van der Waals surface area (Å²) in [5.41, 5.74) is 4.28. The van der Waals surface area contributed by atoms with E-state index >= 15 is 0 Å². The van der Waals surface area contributed by atoms with Gasteiger partial charge in [0.15, 0.2) is 0 Å². The first-order valence-electron chi connectivity index (χ1n) is 12.3. The van der Waals surface area contributed by atoms with E-state index in [1.54, 1.807) is 6.07 Å². The Morgan fingerprint density at radius 1 is 1.00 bits per heavy atom. The Morgan fingerprint density at radius 2 is 1.82 bits per heavy atom. The highest BCUT2D eigenvalue weighted by Crippen LogP contribution is 2.32. The third-order valence-electron chi connectivity index (χ3n) is 6.22. The molecule has 0 aromatic heterocycles. The molecular weight excluding hydrogens is 474 g/mol. The summed E-state index contributed by atoms with van der Waals surface area (Å²) in [6.45, 7) is 6.84. The van der Waals surface area contributed by atoms with Crippen molar-refractivity contribution in [2.24, 2.45) is 0 Å². The monoisotopic (exact) mass is 510 g/mol. The topological polar surface area (TPSA) is 15.3 Å². The van der Waals surface area contributed by atoms with Gasteiger partial charge in [0.2, 0.25) is 0 Å². The van der Waals surface area contributed by atoms with Crippen molar-refractivity contribution < 1.29 is 4.39 Å². The van der Waals surface area contributed by atoms with Crippen LogP contribution < -0.4 is 4.72 Å². The molecule has 0 saturated heterocycles. The normalized spacial score (nSPS) is 14.3. The van der Waals surface area contributed by atoms with Crippen LogP contribution in [0.1, 0.15) is 75.5 Å². The zero-order chi connectivity index (χ0) is 23.7. The van der Waals surface area contributed by atoms with Crippen LogP contribution in [0.2, 0.25) is 0 Å². The number of alkyl halides is 2. The summed E-state index contributed by atoms with van der Waals surface area (Å²) >= 11 is 14.4. The highest BCUT2D eigenvalue weighted by atomic mass is 35.5. The number of hydrogen-bond donors (Lipinski definition) is 1. The van der Waals surface area contributed by atoms with Crippen molar-refractivity contribution in [3.63, 3.8) is 0 Å². The van der Waals surface area contributed by atoms with Gasteiger partial charge in [-0.15, -0.1) is 23.2 Å². The maximum atomic E-state index is 14.6. The van der Waals surface area contributed by atoms with Gasteiger partial charge in [0, 0.05) is 24.5 Å². The van der Waals surface area contributed by atoms with E-state index < -0.39 is 4.33 Å². The van der Waals surface area contributed by atoms with Gasteiger partial charge in [0.1, 0.15) is 10.2 Å². The fourth-order valence-electron chi connectivity index (χ4n) is 4.40. The average Bonchev–Trinajstić information content (AvgIpc) is 2.78. The summed E-state index contributed by atoms with van der Waals surface area (Å²) in [6, 6.07) is 12.1. The molecule has 0 unspecified atom stereocenters. The van der Waals surface area contributed by atoms with Crippen molar-refractivity contribution in [3.05, 3.63) is 58.9 Å². The SMILES string of the molecule is CCCCCCCc1ccc(NSc2ccc3c(c2)CCN(CC(Cl)(Cl)CCC)C3)c(F)c1. The van der Waals surface area contributed by atoms with Gasteiger partial charge in [-0.25, -0.2) is 4.39 Å². The van der Waals surface area contributed by atoms with Crippen LogP contribution in [0.4, 0.5) is 10.1 Å². The molecule has 0 saturated carbocycles. The van der Waals surface area contributed by atoms with Gasteiger partial charge in [-0.1, -0.05) is 58.1 Å². The van der Waals surface area contributed by atoms with E-state index in [4.69, 9.17) is 23.2 Å². The molecule has 1 aliphatic rings. The molecule has 0 aliphatic carbocycles. The molecular formula is C27H37Cl2FN2S. The number of fused-ring (bicyclic) bond motifs is 1. The maximum absolute atomic E-state index is 14.6. The van der Waals surface area contributed by atoms with Gasteiger partial charge in [-0.05, 0) is 78.6 Å². The van der Waals surface area contributed by atoms with E-state index in [0.29, 0.717) is 12.2 Å². The molecule has 182 valence electrons. The van der Waals surface area contributed by atoms with Gasteiger partial charge < -0.3 is 4.72 Å². The molecule has 33 heavy (non-hydrogen) atoms. The van der Waals surface area contributed by atoms with Crippen molar-refractivity contribution in [3.8, 4) is 0 Å². The molecule has 6 heteroatoms. The highest BCUT2D eigenvalue weighted by Gasteiger charge is 2.28. The van der Waals surface area contributed by atoms with Crippen molar-refractivity contribution in [1.82, 2.24) is 4.90 Å². The number of aryl methyl sites for hydroxylation is 1. The Labute approximate surface area is 213 Å². The Bertz CT molecular complexity index is 890.